The van der Waals surface area contributed by atoms with E-state index in [4.69, 9.17) is 0 Å². The molecular formula is C13H20N4O2S2. The van der Waals surface area contributed by atoms with Gasteiger partial charge >= 0.3 is 0 Å². The van der Waals surface area contributed by atoms with E-state index in [0.29, 0.717) is 18.5 Å². The molecule has 0 saturated heterocycles. The molecule has 2 rings (SSSR count). The van der Waals surface area contributed by atoms with E-state index >= 15 is 0 Å². The summed E-state index contributed by atoms with van der Waals surface area (Å²) in [6.07, 6.45) is 2.24. The number of H-pyrrole nitrogens is 1. The number of nitrogens with one attached hydrogen (secondary N) is 2. The Kier molecular flexibility index (Phi) is 5.15. The van der Waals surface area contributed by atoms with Gasteiger partial charge in [0.1, 0.15) is 0 Å². The molecule has 0 aliphatic rings. The largest absolute Gasteiger partial charge is 0.316 e. The Morgan fingerprint density at radius 1 is 1.52 bits per heavy atom. The van der Waals surface area contributed by atoms with E-state index in [9.17, 15) is 8.42 Å². The third kappa shape index (κ3) is 3.52. The number of hydrogen-bond acceptors (Lipinski definition) is 5. The molecule has 8 heteroatoms. The normalized spacial score (nSPS) is 13.7. The lowest BCUT2D eigenvalue weighted by Gasteiger charge is -2.23. The Morgan fingerprint density at radius 3 is 2.90 bits per heavy atom. The first-order valence-corrected chi connectivity index (χ1v) is 8.96. The van der Waals surface area contributed by atoms with Gasteiger partial charge in [0.25, 0.3) is 10.0 Å². The zero-order valence-corrected chi connectivity index (χ0v) is 14.0. The lowest BCUT2D eigenvalue weighted by Crippen LogP contribution is -2.37. The minimum atomic E-state index is -3.57. The van der Waals surface area contributed by atoms with Gasteiger partial charge in [0.2, 0.25) is 0 Å². The van der Waals surface area contributed by atoms with E-state index in [1.807, 2.05) is 24.4 Å². The van der Waals surface area contributed by atoms with Gasteiger partial charge in [0.15, 0.2) is 5.03 Å². The van der Waals surface area contributed by atoms with Crippen molar-refractivity contribution in [1.29, 1.82) is 0 Å². The van der Waals surface area contributed by atoms with E-state index < -0.39 is 10.0 Å². The zero-order valence-electron chi connectivity index (χ0n) is 12.3. The lowest BCUT2D eigenvalue weighted by atomic mass is 10.2. The Bertz CT molecular complexity index is 664. The first-order valence-electron chi connectivity index (χ1n) is 6.64. The van der Waals surface area contributed by atoms with Gasteiger partial charge in [-0.2, -0.15) is 9.40 Å². The van der Waals surface area contributed by atoms with Gasteiger partial charge in [-0.05, 0) is 31.8 Å². The van der Waals surface area contributed by atoms with Crippen LogP contribution in [0.15, 0.2) is 28.7 Å². The average Bonchev–Trinajstić information content (AvgIpc) is 3.09. The summed E-state index contributed by atoms with van der Waals surface area (Å²) in [5.74, 6) is 0. The van der Waals surface area contributed by atoms with Gasteiger partial charge in [-0.1, -0.05) is 6.07 Å². The molecule has 0 fully saturated rings. The molecule has 0 aromatic carbocycles. The molecule has 2 aromatic heterocycles. The minimum Gasteiger partial charge on any atom is -0.316 e. The second kappa shape index (κ2) is 6.69. The van der Waals surface area contributed by atoms with E-state index in [0.717, 1.165) is 0 Å². The number of sulfonamides is 1. The van der Waals surface area contributed by atoms with Crippen LogP contribution in [0.5, 0.6) is 0 Å². The van der Waals surface area contributed by atoms with E-state index in [1.165, 1.54) is 9.18 Å². The number of aromatic amines is 1. The van der Waals surface area contributed by atoms with E-state index in [1.54, 1.807) is 31.6 Å². The number of thiophene rings is 1. The van der Waals surface area contributed by atoms with Gasteiger partial charge < -0.3 is 5.32 Å². The van der Waals surface area contributed by atoms with Crippen molar-refractivity contribution in [3.05, 3.63) is 34.2 Å². The van der Waals surface area contributed by atoms with Crippen molar-refractivity contribution >= 4 is 21.4 Å². The summed E-state index contributed by atoms with van der Waals surface area (Å²) in [6.45, 7) is 2.36. The van der Waals surface area contributed by atoms with Gasteiger partial charge in [-0.25, -0.2) is 8.42 Å². The number of hydrogen-bond donors (Lipinski definition) is 2. The minimum absolute atomic E-state index is 0.126. The molecule has 0 aliphatic carbocycles. The van der Waals surface area contributed by atoms with Crippen molar-refractivity contribution < 1.29 is 8.42 Å². The topological polar surface area (TPSA) is 78.1 Å². The molecule has 116 valence electrons. The SMILES string of the molecule is CNCc1cn[nH]c1S(=O)(=O)N(C)C(C)Cc1cccs1. The molecule has 1 unspecified atom stereocenters. The van der Waals surface area contributed by atoms with Crippen LogP contribution in [-0.2, 0) is 23.0 Å². The maximum absolute atomic E-state index is 12.7. The summed E-state index contributed by atoms with van der Waals surface area (Å²) < 4.78 is 26.8. The predicted molar refractivity (Wildman–Crippen MR) is 83.8 cm³/mol. The molecule has 0 spiro atoms. The third-order valence-corrected chi connectivity index (χ3v) is 6.27. The molecule has 0 aliphatic heterocycles. The van der Waals surface area contributed by atoms with Crippen LogP contribution in [0.3, 0.4) is 0 Å². The fraction of sp³-hybridized carbons (Fsp3) is 0.462. The number of likely N-dealkylation sites (N-methyl/N-ethyl adjacent to an activating group) is 1. The molecule has 0 bridgehead atoms. The Balaban J connectivity index is 2.19. The molecule has 2 heterocycles. The van der Waals surface area contributed by atoms with Crippen LogP contribution < -0.4 is 5.32 Å². The fourth-order valence-electron chi connectivity index (χ4n) is 2.07. The monoisotopic (exact) mass is 328 g/mol. The summed E-state index contributed by atoms with van der Waals surface area (Å²) in [4.78, 5) is 1.17. The highest BCUT2D eigenvalue weighted by Crippen LogP contribution is 2.21. The first-order chi connectivity index (χ1) is 9.96. The highest BCUT2D eigenvalue weighted by atomic mass is 32.2. The second-order valence-electron chi connectivity index (χ2n) is 4.91. The molecule has 0 radical (unpaired) electrons. The molecule has 21 heavy (non-hydrogen) atoms. The summed E-state index contributed by atoms with van der Waals surface area (Å²) >= 11 is 1.64. The number of nitrogens with zero attached hydrogens (tertiary/aromatic N) is 2. The van der Waals surface area contributed by atoms with E-state index in [2.05, 4.69) is 15.5 Å². The van der Waals surface area contributed by atoms with Crippen LogP contribution in [-0.4, -0.2) is 43.1 Å². The summed E-state index contributed by atoms with van der Waals surface area (Å²) in [5, 5.41) is 11.6. The third-order valence-electron chi connectivity index (χ3n) is 3.38. The van der Waals surface area contributed by atoms with Crippen molar-refractivity contribution in [1.82, 2.24) is 19.8 Å². The van der Waals surface area contributed by atoms with Crippen LogP contribution in [0, 0.1) is 0 Å². The van der Waals surface area contributed by atoms with Crippen LogP contribution in [0.2, 0.25) is 0 Å². The molecule has 0 saturated carbocycles. The average molecular weight is 328 g/mol. The highest BCUT2D eigenvalue weighted by molar-refractivity contribution is 7.89. The zero-order chi connectivity index (χ0) is 15.5. The standard InChI is InChI=1S/C13H20N4O2S2/c1-10(7-12-5-4-6-20-12)17(3)21(18,19)13-11(8-14-2)9-15-16-13/h4-6,9-10,14H,7-8H2,1-3H3,(H,15,16). The van der Waals surface area contributed by atoms with Gasteiger partial charge in [0, 0.05) is 30.1 Å². The summed E-state index contributed by atoms with van der Waals surface area (Å²) in [6, 6.07) is 3.87. The molecule has 2 N–H and O–H groups in total. The van der Waals surface area contributed by atoms with Crippen molar-refractivity contribution in [2.24, 2.45) is 0 Å². The maximum atomic E-state index is 12.7. The highest BCUT2D eigenvalue weighted by Gasteiger charge is 2.29. The van der Waals surface area contributed by atoms with Gasteiger partial charge in [-0.3, -0.25) is 5.10 Å². The van der Waals surface area contributed by atoms with Crippen molar-refractivity contribution in [2.75, 3.05) is 14.1 Å². The molecular weight excluding hydrogens is 308 g/mol. The van der Waals surface area contributed by atoms with Crippen molar-refractivity contribution in [3.63, 3.8) is 0 Å². The van der Waals surface area contributed by atoms with Crippen molar-refractivity contribution in [3.8, 4) is 0 Å². The maximum Gasteiger partial charge on any atom is 0.260 e. The molecule has 0 amide bonds. The van der Waals surface area contributed by atoms with Crippen LogP contribution >= 0.6 is 11.3 Å². The molecule has 6 nitrogen and oxygen atoms in total. The second-order valence-corrected chi connectivity index (χ2v) is 7.88. The summed E-state index contributed by atoms with van der Waals surface area (Å²) in [5.41, 5.74) is 0.646. The number of rotatable bonds is 7. The molecule has 1 atom stereocenters. The lowest BCUT2D eigenvalue weighted by molar-refractivity contribution is 0.386. The Labute approximate surface area is 129 Å². The van der Waals surface area contributed by atoms with Crippen LogP contribution in [0.25, 0.3) is 0 Å². The molecule has 2 aromatic rings. The van der Waals surface area contributed by atoms with Crippen LogP contribution in [0.1, 0.15) is 17.4 Å². The smallest absolute Gasteiger partial charge is 0.260 e. The Hall–Kier alpha value is -1.22. The number of aromatic nitrogens is 2. The van der Waals surface area contributed by atoms with Crippen LogP contribution in [0.4, 0.5) is 0 Å². The quantitative estimate of drug-likeness (QED) is 0.806. The Morgan fingerprint density at radius 2 is 2.29 bits per heavy atom. The van der Waals surface area contributed by atoms with E-state index in [-0.39, 0.29) is 11.1 Å². The van der Waals surface area contributed by atoms with Crippen molar-refractivity contribution in [2.45, 2.75) is 31.0 Å². The predicted octanol–water partition coefficient (Wildman–Crippen LogP) is 1.44. The first kappa shape index (κ1) is 16.2. The summed E-state index contributed by atoms with van der Waals surface area (Å²) in [7, 11) is -0.192. The fourth-order valence-corrected chi connectivity index (χ4v) is 4.36. The van der Waals surface area contributed by atoms with Gasteiger partial charge in [0.05, 0.1) is 6.20 Å². The van der Waals surface area contributed by atoms with Gasteiger partial charge in [-0.15, -0.1) is 11.3 Å².